The third kappa shape index (κ3) is 1.97. The molecule has 2 aromatic rings. The van der Waals surface area contributed by atoms with Gasteiger partial charge in [0.05, 0.1) is 17.3 Å². The Morgan fingerprint density at radius 1 is 1.41 bits per heavy atom. The summed E-state index contributed by atoms with van der Waals surface area (Å²) in [5, 5.41) is 6.26. The number of hydrogen-bond acceptors (Lipinski definition) is 3. The van der Waals surface area contributed by atoms with Crippen LogP contribution in [0.5, 0.6) is 5.75 Å². The first-order chi connectivity index (χ1) is 8.04. The molecule has 0 radical (unpaired) electrons. The van der Waals surface area contributed by atoms with E-state index in [9.17, 15) is 8.78 Å². The number of rotatable bonds is 2. The van der Waals surface area contributed by atoms with E-state index in [1.807, 2.05) is 0 Å². The van der Waals surface area contributed by atoms with Crippen LogP contribution in [0.3, 0.4) is 0 Å². The van der Waals surface area contributed by atoms with E-state index in [2.05, 4.69) is 26.1 Å². The number of nitrogens with zero attached hydrogens (tertiary/aromatic N) is 1. The summed E-state index contributed by atoms with van der Waals surface area (Å²) in [5.74, 6) is -1.39. The average molecular weight is 304 g/mol. The molecular formula is C10H8BrF2N3O. The summed E-state index contributed by atoms with van der Waals surface area (Å²) in [4.78, 5) is 0. The fourth-order valence-electron chi connectivity index (χ4n) is 1.45. The number of H-pyrrole nitrogens is 1. The lowest BCUT2D eigenvalue weighted by Gasteiger charge is -2.09. The largest absolute Gasteiger partial charge is 0.493 e. The number of anilines is 1. The molecule has 0 saturated heterocycles. The Bertz CT molecular complexity index is 571. The Balaban J connectivity index is 2.69. The van der Waals surface area contributed by atoms with Gasteiger partial charge in [-0.1, -0.05) is 0 Å². The average Bonchev–Trinajstić information content (AvgIpc) is 2.72. The van der Waals surface area contributed by atoms with E-state index in [1.54, 1.807) is 0 Å². The molecule has 0 bridgehead atoms. The van der Waals surface area contributed by atoms with Crippen molar-refractivity contribution in [1.82, 2.24) is 10.2 Å². The highest BCUT2D eigenvalue weighted by atomic mass is 79.9. The van der Waals surface area contributed by atoms with Crippen LogP contribution >= 0.6 is 15.9 Å². The molecule has 0 unspecified atom stereocenters. The summed E-state index contributed by atoms with van der Waals surface area (Å²) in [6.45, 7) is 0. The number of benzene rings is 1. The van der Waals surface area contributed by atoms with Crippen molar-refractivity contribution in [2.75, 3.05) is 12.8 Å². The van der Waals surface area contributed by atoms with Gasteiger partial charge in [0.15, 0.2) is 11.6 Å². The monoisotopic (exact) mass is 303 g/mol. The minimum Gasteiger partial charge on any atom is -0.493 e. The highest BCUT2D eigenvalue weighted by molar-refractivity contribution is 9.10. The lowest BCUT2D eigenvalue weighted by atomic mass is 10.1. The lowest BCUT2D eigenvalue weighted by molar-refractivity contribution is 0.384. The van der Waals surface area contributed by atoms with Crippen molar-refractivity contribution in [2.45, 2.75) is 0 Å². The van der Waals surface area contributed by atoms with Crippen LogP contribution in [-0.2, 0) is 0 Å². The van der Waals surface area contributed by atoms with Crippen LogP contribution in [0.4, 0.5) is 14.6 Å². The fourth-order valence-corrected chi connectivity index (χ4v) is 1.75. The molecule has 0 spiro atoms. The molecule has 0 amide bonds. The van der Waals surface area contributed by atoms with E-state index in [1.165, 1.54) is 13.2 Å². The Kier molecular flexibility index (Phi) is 3.01. The van der Waals surface area contributed by atoms with Crippen molar-refractivity contribution in [1.29, 1.82) is 0 Å². The number of nitrogens with two attached hydrogens (primary N) is 1. The van der Waals surface area contributed by atoms with E-state index in [0.29, 0.717) is 5.69 Å². The Morgan fingerprint density at radius 3 is 2.65 bits per heavy atom. The van der Waals surface area contributed by atoms with Crippen LogP contribution in [-0.4, -0.2) is 17.3 Å². The fraction of sp³-hybridized carbons (Fsp3) is 0.100. The van der Waals surface area contributed by atoms with E-state index >= 15 is 0 Å². The predicted molar refractivity (Wildman–Crippen MR) is 62.6 cm³/mol. The van der Waals surface area contributed by atoms with Gasteiger partial charge in [-0.3, -0.25) is 5.10 Å². The van der Waals surface area contributed by atoms with Crippen molar-refractivity contribution in [2.24, 2.45) is 0 Å². The molecule has 1 aromatic heterocycles. The molecule has 2 rings (SSSR count). The highest BCUT2D eigenvalue weighted by Crippen LogP contribution is 2.37. The Morgan fingerprint density at radius 2 is 2.12 bits per heavy atom. The molecule has 90 valence electrons. The maximum atomic E-state index is 13.7. The summed E-state index contributed by atoms with van der Waals surface area (Å²) >= 11 is 2.80. The van der Waals surface area contributed by atoms with Crippen molar-refractivity contribution in [3.8, 4) is 17.0 Å². The second kappa shape index (κ2) is 4.33. The van der Waals surface area contributed by atoms with E-state index in [0.717, 1.165) is 6.07 Å². The van der Waals surface area contributed by atoms with Gasteiger partial charge in [0.2, 0.25) is 0 Å². The van der Waals surface area contributed by atoms with Gasteiger partial charge in [0, 0.05) is 11.6 Å². The van der Waals surface area contributed by atoms with Gasteiger partial charge in [0.1, 0.15) is 11.6 Å². The van der Waals surface area contributed by atoms with Gasteiger partial charge in [-0.05, 0) is 22.0 Å². The third-order valence-electron chi connectivity index (χ3n) is 2.21. The maximum Gasteiger partial charge on any atom is 0.182 e. The zero-order valence-corrected chi connectivity index (χ0v) is 10.3. The molecule has 0 aliphatic heterocycles. The van der Waals surface area contributed by atoms with Crippen LogP contribution in [0.2, 0.25) is 0 Å². The number of aromatic amines is 1. The van der Waals surface area contributed by atoms with Crippen LogP contribution in [0, 0.1) is 11.6 Å². The second-order valence-electron chi connectivity index (χ2n) is 3.27. The molecule has 7 heteroatoms. The van der Waals surface area contributed by atoms with E-state index in [4.69, 9.17) is 10.5 Å². The van der Waals surface area contributed by atoms with Crippen molar-refractivity contribution >= 4 is 21.7 Å². The molecule has 0 saturated carbocycles. The number of ether oxygens (including phenoxy) is 1. The topological polar surface area (TPSA) is 63.9 Å². The maximum absolute atomic E-state index is 13.7. The van der Waals surface area contributed by atoms with Gasteiger partial charge in [-0.2, -0.15) is 5.10 Å². The normalized spacial score (nSPS) is 10.6. The molecule has 4 nitrogen and oxygen atoms in total. The van der Waals surface area contributed by atoms with Gasteiger partial charge in [0.25, 0.3) is 0 Å². The number of hydrogen-bond donors (Lipinski definition) is 2. The summed E-state index contributed by atoms with van der Waals surface area (Å²) in [7, 11) is 1.30. The van der Waals surface area contributed by atoms with Crippen LogP contribution in [0.25, 0.3) is 11.3 Å². The van der Waals surface area contributed by atoms with E-state index < -0.39 is 11.6 Å². The number of nitrogens with one attached hydrogen (secondary N) is 1. The summed E-state index contributed by atoms with van der Waals surface area (Å²) in [6.07, 6.45) is 0. The van der Waals surface area contributed by atoms with Crippen LogP contribution in [0.1, 0.15) is 0 Å². The zero-order chi connectivity index (χ0) is 12.6. The molecule has 1 heterocycles. The van der Waals surface area contributed by atoms with Gasteiger partial charge >= 0.3 is 0 Å². The molecule has 0 aliphatic carbocycles. The molecule has 0 aliphatic rings. The molecule has 3 N–H and O–H groups in total. The number of methoxy groups -OCH3 is 1. The predicted octanol–water partition coefficient (Wildman–Crippen LogP) is 2.71. The summed E-state index contributed by atoms with van der Waals surface area (Å²) in [5.41, 5.74) is 6.03. The first-order valence-corrected chi connectivity index (χ1v) is 5.36. The van der Waals surface area contributed by atoms with Gasteiger partial charge < -0.3 is 10.5 Å². The molecule has 1 aromatic carbocycles. The Hall–Kier alpha value is -1.63. The van der Waals surface area contributed by atoms with Gasteiger partial charge in [-0.25, -0.2) is 8.78 Å². The highest BCUT2D eigenvalue weighted by Gasteiger charge is 2.19. The number of aromatic nitrogens is 2. The minimum atomic E-state index is -0.810. The summed E-state index contributed by atoms with van der Waals surface area (Å²) in [6, 6.07) is 2.60. The molecule has 0 atom stereocenters. The first-order valence-electron chi connectivity index (χ1n) is 4.57. The number of halogens is 3. The third-order valence-corrected chi connectivity index (χ3v) is 2.94. The van der Waals surface area contributed by atoms with E-state index in [-0.39, 0.29) is 21.6 Å². The van der Waals surface area contributed by atoms with Crippen LogP contribution < -0.4 is 10.5 Å². The van der Waals surface area contributed by atoms with Crippen molar-refractivity contribution < 1.29 is 13.5 Å². The molecular weight excluding hydrogens is 296 g/mol. The second-order valence-corrected chi connectivity index (χ2v) is 4.07. The zero-order valence-electron chi connectivity index (χ0n) is 8.72. The Labute approximate surface area is 104 Å². The quantitative estimate of drug-likeness (QED) is 0.839. The number of nitrogen functional groups attached to an aromatic ring is 1. The SMILES string of the molecule is COc1c(-c2cc(N)n[nH]2)cc(F)c(Br)c1F. The first kappa shape index (κ1) is 11.8. The molecule has 17 heavy (non-hydrogen) atoms. The van der Waals surface area contributed by atoms with Crippen LogP contribution in [0.15, 0.2) is 16.6 Å². The minimum absolute atomic E-state index is 0.0816. The molecule has 0 fully saturated rings. The lowest BCUT2D eigenvalue weighted by Crippen LogP contribution is -1.96. The summed E-state index contributed by atoms with van der Waals surface area (Å²) < 4.78 is 31.8. The van der Waals surface area contributed by atoms with Crippen molar-refractivity contribution in [3.63, 3.8) is 0 Å². The standard InChI is InChI=1S/C10H8BrF2N3O/c1-17-10-4(6-3-7(14)16-15-6)2-5(12)8(11)9(10)13/h2-3H,1H3,(H3,14,15,16). The smallest absolute Gasteiger partial charge is 0.182 e. The van der Waals surface area contributed by atoms with Crippen molar-refractivity contribution in [3.05, 3.63) is 28.2 Å². The van der Waals surface area contributed by atoms with Gasteiger partial charge in [-0.15, -0.1) is 0 Å².